The standard InChI is InChI=1S/C20H19N5S/c1-2-6-14(7-3-1)12-22-18-17-15-8-4-5-9-16(15)26-19(17)24-20(23-18)25-11-10-21-13-25/h1-3,6-7,10-11,13H,4-5,8-9,12H2,(H,22,23,24). The molecular weight excluding hydrogens is 342 g/mol. The van der Waals surface area contributed by atoms with Crippen molar-refractivity contribution in [3.63, 3.8) is 0 Å². The highest BCUT2D eigenvalue weighted by Gasteiger charge is 2.21. The van der Waals surface area contributed by atoms with Gasteiger partial charge in [0.2, 0.25) is 5.95 Å². The molecule has 0 bridgehead atoms. The topological polar surface area (TPSA) is 55.6 Å². The van der Waals surface area contributed by atoms with Gasteiger partial charge in [-0.3, -0.25) is 4.57 Å². The second kappa shape index (κ2) is 6.53. The molecule has 5 rings (SSSR count). The first-order valence-corrected chi connectivity index (χ1v) is 9.78. The monoisotopic (exact) mass is 361 g/mol. The van der Waals surface area contributed by atoms with E-state index in [-0.39, 0.29) is 0 Å². The Labute approximate surface area is 155 Å². The molecule has 0 aliphatic heterocycles. The van der Waals surface area contributed by atoms with Crippen LogP contribution in [0.15, 0.2) is 49.1 Å². The van der Waals surface area contributed by atoms with Crippen LogP contribution in [-0.4, -0.2) is 19.5 Å². The Morgan fingerprint density at radius 1 is 1.08 bits per heavy atom. The molecule has 3 heterocycles. The molecule has 1 N–H and O–H groups in total. The smallest absolute Gasteiger partial charge is 0.238 e. The highest BCUT2D eigenvalue weighted by Crippen LogP contribution is 2.39. The third-order valence-corrected chi connectivity index (χ3v) is 6.03. The lowest BCUT2D eigenvalue weighted by molar-refractivity contribution is 0.700. The van der Waals surface area contributed by atoms with Gasteiger partial charge in [0, 0.05) is 23.8 Å². The summed E-state index contributed by atoms with van der Waals surface area (Å²) in [5.74, 6) is 1.60. The Kier molecular flexibility index (Phi) is 3.90. The number of aromatic nitrogens is 4. The first-order valence-electron chi connectivity index (χ1n) is 8.97. The number of anilines is 1. The van der Waals surface area contributed by atoms with E-state index in [9.17, 15) is 0 Å². The average molecular weight is 361 g/mol. The van der Waals surface area contributed by atoms with Crippen molar-refractivity contribution >= 4 is 27.4 Å². The number of nitrogens with zero attached hydrogens (tertiary/aromatic N) is 4. The molecule has 0 saturated heterocycles. The summed E-state index contributed by atoms with van der Waals surface area (Å²) >= 11 is 1.82. The van der Waals surface area contributed by atoms with Gasteiger partial charge in [0.05, 0.1) is 5.39 Å². The minimum atomic E-state index is 0.671. The summed E-state index contributed by atoms with van der Waals surface area (Å²) in [6.45, 7) is 0.751. The lowest BCUT2D eigenvalue weighted by Gasteiger charge is -2.13. The fraction of sp³-hybridized carbons (Fsp3) is 0.250. The second-order valence-electron chi connectivity index (χ2n) is 6.57. The van der Waals surface area contributed by atoms with Crippen molar-refractivity contribution in [2.24, 2.45) is 0 Å². The zero-order chi connectivity index (χ0) is 17.3. The van der Waals surface area contributed by atoms with Crippen LogP contribution in [0, 0.1) is 0 Å². The fourth-order valence-electron chi connectivity index (χ4n) is 3.55. The predicted molar refractivity (Wildman–Crippen MR) is 105 cm³/mol. The van der Waals surface area contributed by atoms with Gasteiger partial charge in [0.15, 0.2) is 0 Å². The Balaban J connectivity index is 1.62. The number of hydrogen-bond acceptors (Lipinski definition) is 5. The highest BCUT2D eigenvalue weighted by atomic mass is 32.1. The molecule has 3 aromatic heterocycles. The minimum absolute atomic E-state index is 0.671. The molecule has 1 aliphatic rings. The van der Waals surface area contributed by atoms with Crippen molar-refractivity contribution in [1.82, 2.24) is 19.5 Å². The van der Waals surface area contributed by atoms with Crippen LogP contribution in [0.2, 0.25) is 0 Å². The lowest BCUT2D eigenvalue weighted by atomic mass is 9.97. The van der Waals surface area contributed by atoms with E-state index >= 15 is 0 Å². The molecule has 4 aromatic rings. The molecule has 0 unspecified atom stereocenters. The van der Waals surface area contributed by atoms with E-state index in [0.717, 1.165) is 30.0 Å². The SMILES string of the molecule is c1ccc(CNc2nc(-n3ccnc3)nc3sc4c(c23)CCCC4)cc1. The molecule has 130 valence electrons. The number of aryl methyl sites for hydroxylation is 2. The normalized spacial score (nSPS) is 13.7. The zero-order valence-electron chi connectivity index (χ0n) is 14.4. The van der Waals surface area contributed by atoms with E-state index in [4.69, 9.17) is 9.97 Å². The summed E-state index contributed by atoms with van der Waals surface area (Å²) in [6, 6.07) is 10.4. The maximum Gasteiger partial charge on any atom is 0.238 e. The van der Waals surface area contributed by atoms with Crippen LogP contribution in [-0.2, 0) is 19.4 Å². The number of nitrogens with one attached hydrogen (secondary N) is 1. The van der Waals surface area contributed by atoms with Gasteiger partial charge in [0.1, 0.15) is 17.0 Å². The van der Waals surface area contributed by atoms with Gasteiger partial charge in [-0.15, -0.1) is 11.3 Å². The van der Waals surface area contributed by atoms with Gasteiger partial charge in [0.25, 0.3) is 0 Å². The third-order valence-electron chi connectivity index (χ3n) is 4.84. The molecule has 0 amide bonds. The molecule has 26 heavy (non-hydrogen) atoms. The minimum Gasteiger partial charge on any atom is -0.365 e. The van der Waals surface area contributed by atoms with Crippen LogP contribution in [0.5, 0.6) is 0 Å². The maximum absolute atomic E-state index is 4.85. The number of fused-ring (bicyclic) bond motifs is 3. The second-order valence-corrected chi connectivity index (χ2v) is 7.66. The molecule has 0 fully saturated rings. The molecule has 0 spiro atoms. The first kappa shape index (κ1) is 15.5. The number of imidazole rings is 1. The largest absolute Gasteiger partial charge is 0.365 e. The fourth-order valence-corrected chi connectivity index (χ4v) is 4.80. The van der Waals surface area contributed by atoms with E-state index in [1.54, 1.807) is 12.5 Å². The molecular formula is C20H19N5S. The number of rotatable bonds is 4. The van der Waals surface area contributed by atoms with Crippen molar-refractivity contribution in [3.8, 4) is 5.95 Å². The van der Waals surface area contributed by atoms with E-state index < -0.39 is 0 Å². The van der Waals surface area contributed by atoms with Gasteiger partial charge < -0.3 is 5.32 Å². The first-order chi connectivity index (χ1) is 12.9. The lowest BCUT2D eigenvalue weighted by Crippen LogP contribution is -2.07. The molecule has 0 atom stereocenters. The predicted octanol–water partition coefficient (Wildman–Crippen LogP) is 4.37. The Morgan fingerprint density at radius 3 is 2.81 bits per heavy atom. The number of thiophene rings is 1. The van der Waals surface area contributed by atoms with Gasteiger partial charge >= 0.3 is 0 Å². The molecule has 0 radical (unpaired) electrons. The van der Waals surface area contributed by atoms with E-state index in [1.807, 2.05) is 28.2 Å². The average Bonchev–Trinajstić information content (AvgIpc) is 3.34. The molecule has 5 nitrogen and oxygen atoms in total. The third kappa shape index (κ3) is 2.76. The Bertz CT molecular complexity index is 1040. The van der Waals surface area contributed by atoms with Gasteiger partial charge in [-0.1, -0.05) is 30.3 Å². The zero-order valence-corrected chi connectivity index (χ0v) is 15.2. The number of hydrogen-bond donors (Lipinski definition) is 1. The van der Waals surface area contributed by atoms with Crippen molar-refractivity contribution in [3.05, 3.63) is 65.1 Å². The summed E-state index contributed by atoms with van der Waals surface area (Å²) in [5.41, 5.74) is 2.69. The van der Waals surface area contributed by atoms with Crippen molar-refractivity contribution in [2.45, 2.75) is 32.2 Å². The molecule has 6 heteroatoms. The van der Waals surface area contributed by atoms with Crippen LogP contribution >= 0.6 is 11.3 Å². The van der Waals surface area contributed by atoms with Crippen molar-refractivity contribution in [2.75, 3.05) is 5.32 Å². The Morgan fingerprint density at radius 2 is 1.96 bits per heavy atom. The van der Waals surface area contributed by atoms with Crippen LogP contribution in [0.3, 0.4) is 0 Å². The van der Waals surface area contributed by atoms with E-state index in [1.165, 1.54) is 34.2 Å². The highest BCUT2D eigenvalue weighted by molar-refractivity contribution is 7.19. The molecule has 1 aliphatic carbocycles. The summed E-state index contributed by atoms with van der Waals surface area (Å²) in [4.78, 5) is 16.4. The van der Waals surface area contributed by atoms with Crippen LogP contribution < -0.4 is 5.32 Å². The van der Waals surface area contributed by atoms with Crippen LogP contribution in [0.4, 0.5) is 5.82 Å². The van der Waals surface area contributed by atoms with Crippen LogP contribution in [0.25, 0.3) is 16.2 Å². The van der Waals surface area contributed by atoms with E-state index in [2.05, 4.69) is 34.6 Å². The summed E-state index contributed by atoms with van der Waals surface area (Å²) in [6.07, 6.45) is 10.2. The van der Waals surface area contributed by atoms with Crippen molar-refractivity contribution < 1.29 is 0 Å². The van der Waals surface area contributed by atoms with Gasteiger partial charge in [-0.25, -0.2) is 9.97 Å². The summed E-state index contributed by atoms with van der Waals surface area (Å²) in [5, 5.41) is 4.78. The summed E-state index contributed by atoms with van der Waals surface area (Å²) in [7, 11) is 0. The van der Waals surface area contributed by atoms with Crippen LogP contribution in [0.1, 0.15) is 28.8 Å². The summed E-state index contributed by atoms with van der Waals surface area (Å²) < 4.78 is 1.87. The maximum atomic E-state index is 4.85. The number of benzene rings is 1. The van der Waals surface area contributed by atoms with Crippen molar-refractivity contribution in [1.29, 1.82) is 0 Å². The Hall–Kier alpha value is -2.73. The van der Waals surface area contributed by atoms with Gasteiger partial charge in [-0.05, 0) is 36.8 Å². The molecule has 0 saturated carbocycles. The quantitative estimate of drug-likeness (QED) is 0.586. The molecule has 1 aromatic carbocycles. The van der Waals surface area contributed by atoms with Gasteiger partial charge in [-0.2, -0.15) is 4.98 Å². The van der Waals surface area contributed by atoms with E-state index in [0.29, 0.717) is 5.95 Å².